The number of nitrogens with zero attached hydrogens (tertiary/aromatic N) is 1. The zero-order valence-electron chi connectivity index (χ0n) is 4.93. The number of rotatable bonds is 2. The van der Waals surface area contributed by atoms with Gasteiger partial charge in [0, 0.05) is 7.05 Å². The second-order valence-electron chi connectivity index (χ2n) is 1.47. The van der Waals surface area contributed by atoms with Gasteiger partial charge in [0.25, 0.3) is 0 Å². The van der Waals surface area contributed by atoms with E-state index in [9.17, 15) is 17.2 Å². The Kier molecular flexibility index (Phi) is 2.50. The Morgan fingerprint density at radius 1 is 1.44 bits per heavy atom. The summed E-state index contributed by atoms with van der Waals surface area (Å²) in [7, 11) is -2.97. The lowest BCUT2D eigenvalue weighted by molar-refractivity contribution is 0.177. The van der Waals surface area contributed by atoms with Crippen LogP contribution >= 0.6 is 0 Å². The van der Waals surface area contributed by atoms with Crippen molar-refractivity contribution in [2.45, 2.75) is 0 Å². The van der Waals surface area contributed by atoms with Crippen LogP contribution in [0.5, 0.6) is 0 Å². The van der Waals surface area contributed by atoms with Crippen molar-refractivity contribution in [1.82, 2.24) is 4.31 Å². The summed E-state index contributed by atoms with van der Waals surface area (Å²) in [5.41, 5.74) is 0. The molecule has 3 nitrogen and oxygen atoms in total. The van der Waals surface area contributed by atoms with E-state index in [1.807, 2.05) is 0 Å². The first kappa shape index (κ1) is 8.77. The van der Waals surface area contributed by atoms with Gasteiger partial charge in [-0.1, -0.05) is 0 Å². The van der Waals surface area contributed by atoms with Crippen LogP contribution in [0.1, 0.15) is 0 Å². The van der Waals surface area contributed by atoms with E-state index in [1.54, 1.807) is 0 Å². The second kappa shape index (κ2) is 2.57. The average Bonchev–Trinajstić information content (AvgIpc) is 1.62. The van der Waals surface area contributed by atoms with Crippen LogP contribution in [0.15, 0.2) is 0 Å². The fraction of sp³-hybridized carbons (Fsp3) is 0.667. The predicted molar refractivity (Wildman–Crippen MR) is 28.1 cm³/mol. The molecule has 0 aliphatic heterocycles. The number of hydrogen-bond donors (Lipinski definition) is 0. The maximum Gasteiger partial charge on any atom is 0.395 e. The third-order valence-corrected chi connectivity index (χ3v) is 1.87. The summed E-state index contributed by atoms with van der Waals surface area (Å²) in [5, 5.41) is 0. The van der Waals surface area contributed by atoms with E-state index in [0.29, 0.717) is 6.26 Å². The quantitative estimate of drug-likeness (QED) is 0.541. The van der Waals surface area contributed by atoms with Gasteiger partial charge in [-0.3, -0.25) is 0 Å². The molecule has 0 saturated carbocycles. The van der Waals surface area contributed by atoms with Crippen LogP contribution < -0.4 is 0 Å². The molecule has 0 rings (SSSR count). The van der Waals surface area contributed by atoms with Crippen molar-refractivity contribution in [1.29, 1.82) is 0 Å². The third-order valence-electron chi connectivity index (χ3n) is 0.736. The molecule has 0 fully saturated rings. The van der Waals surface area contributed by atoms with Gasteiger partial charge in [-0.2, -0.15) is 8.78 Å². The highest BCUT2D eigenvalue weighted by molar-refractivity contribution is 7.88. The van der Waals surface area contributed by atoms with E-state index in [0.717, 1.165) is 7.05 Å². The highest BCUT2D eigenvalue weighted by Crippen LogP contribution is 2.11. The molecule has 0 unspecified atom stereocenters. The van der Waals surface area contributed by atoms with E-state index >= 15 is 0 Å². The summed E-state index contributed by atoms with van der Waals surface area (Å²) in [6, 6.07) is 0. The Morgan fingerprint density at radius 3 is 1.78 bits per heavy atom. The Balaban J connectivity index is 4.24. The van der Waals surface area contributed by atoms with E-state index in [1.165, 1.54) is 0 Å². The van der Waals surface area contributed by atoms with Crippen molar-refractivity contribution >= 4 is 10.0 Å². The number of hydrogen-bond acceptors (Lipinski definition) is 2. The normalized spacial score (nSPS) is 13.1. The van der Waals surface area contributed by atoms with Gasteiger partial charge in [0.05, 0.1) is 6.26 Å². The predicted octanol–water partition coefficient (Wildman–Crippen LogP) is 0.264. The molecule has 0 spiro atoms. The highest BCUT2D eigenvalue weighted by atomic mass is 32.2. The second-order valence-corrected chi connectivity index (χ2v) is 3.48. The lowest BCUT2D eigenvalue weighted by Gasteiger charge is -2.08. The summed E-state index contributed by atoms with van der Waals surface area (Å²) in [5.74, 6) is 0. The first-order chi connectivity index (χ1) is 3.85. The molecule has 0 aromatic heterocycles. The summed E-state index contributed by atoms with van der Waals surface area (Å²) in [4.78, 5) is 0. The zero-order chi connectivity index (χ0) is 7.65. The van der Waals surface area contributed by atoms with Gasteiger partial charge in [-0.05, 0) is 0 Å². The Morgan fingerprint density at radius 2 is 1.78 bits per heavy atom. The van der Waals surface area contributed by atoms with Gasteiger partial charge in [0.1, 0.15) is 0 Å². The molecule has 0 heterocycles. The molecular formula is C3H6F2NO2S. The minimum atomic E-state index is -3.76. The molecule has 1 radical (unpaired) electrons. The first-order valence-electron chi connectivity index (χ1n) is 1.97. The van der Waals surface area contributed by atoms with Crippen molar-refractivity contribution in [2.75, 3.05) is 13.3 Å². The van der Waals surface area contributed by atoms with Crippen molar-refractivity contribution in [3.05, 3.63) is 6.55 Å². The van der Waals surface area contributed by atoms with E-state index in [2.05, 4.69) is 0 Å². The molecule has 0 aliphatic carbocycles. The summed E-state index contributed by atoms with van der Waals surface area (Å²) in [6.45, 7) is -2.22. The molecule has 0 aromatic rings. The van der Waals surface area contributed by atoms with Gasteiger partial charge in [-0.25, -0.2) is 8.42 Å². The van der Waals surface area contributed by atoms with Crippen LogP contribution in [0, 0.1) is 6.55 Å². The highest BCUT2D eigenvalue weighted by Gasteiger charge is 2.22. The monoisotopic (exact) mass is 158 g/mol. The lowest BCUT2D eigenvalue weighted by Crippen LogP contribution is -2.25. The van der Waals surface area contributed by atoms with Crippen molar-refractivity contribution in [3.8, 4) is 0 Å². The molecule has 0 aliphatic rings. The number of sulfonamides is 1. The van der Waals surface area contributed by atoms with Gasteiger partial charge in [0.15, 0.2) is 0 Å². The smallest absolute Gasteiger partial charge is 0.212 e. The van der Waals surface area contributed by atoms with Crippen molar-refractivity contribution < 1.29 is 17.2 Å². The summed E-state index contributed by atoms with van der Waals surface area (Å²) in [6.07, 6.45) is 0.701. The van der Waals surface area contributed by atoms with Crippen molar-refractivity contribution in [3.63, 3.8) is 0 Å². The fourth-order valence-corrected chi connectivity index (χ4v) is 0.376. The van der Waals surface area contributed by atoms with Crippen LogP contribution in [0.2, 0.25) is 0 Å². The van der Waals surface area contributed by atoms with Crippen LogP contribution in [0.25, 0.3) is 0 Å². The van der Waals surface area contributed by atoms with Crippen molar-refractivity contribution in [2.24, 2.45) is 0 Å². The van der Waals surface area contributed by atoms with Gasteiger partial charge in [0.2, 0.25) is 10.0 Å². The van der Waals surface area contributed by atoms with E-state index in [4.69, 9.17) is 0 Å². The molecule has 0 amide bonds. The van der Waals surface area contributed by atoms with Gasteiger partial charge in [-0.15, -0.1) is 4.31 Å². The molecule has 9 heavy (non-hydrogen) atoms. The van der Waals surface area contributed by atoms with Gasteiger partial charge >= 0.3 is 6.55 Å². The Hall–Kier alpha value is -0.230. The average molecular weight is 158 g/mol. The third kappa shape index (κ3) is 2.71. The summed E-state index contributed by atoms with van der Waals surface area (Å²) >= 11 is 0. The zero-order valence-corrected chi connectivity index (χ0v) is 5.74. The maximum absolute atomic E-state index is 11.4. The fourth-order valence-electron chi connectivity index (χ4n) is 0.125. The molecule has 0 saturated heterocycles. The standard InChI is InChI=1S/C3H6F2NO2S/c1-6(3(4)5)9(2,7)8/h1-2H3. The van der Waals surface area contributed by atoms with Crippen LogP contribution in [0.3, 0.4) is 0 Å². The number of halogens is 2. The Bertz CT molecular complexity index is 176. The van der Waals surface area contributed by atoms with Crippen LogP contribution in [0.4, 0.5) is 8.78 Å². The SMILES string of the molecule is CN([C](F)F)S(C)(=O)=O. The first-order valence-corrected chi connectivity index (χ1v) is 3.82. The minimum Gasteiger partial charge on any atom is -0.212 e. The molecule has 55 valence electrons. The molecule has 0 bridgehead atoms. The largest absolute Gasteiger partial charge is 0.395 e. The Labute approximate surface area is 52.3 Å². The molecule has 6 heteroatoms. The molecular weight excluding hydrogens is 152 g/mol. The van der Waals surface area contributed by atoms with Gasteiger partial charge < -0.3 is 0 Å². The topological polar surface area (TPSA) is 37.4 Å². The lowest BCUT2D eigenvalue weighted by atomic mass is 11.1. The van der Waals surface area contributed by atoms with E-state index < -0.39 is 16.6 Å². The maximum atomic E-state index is 11.4. The summed E-state index contributed by atoms with van der Waals surface area (Å²) < 4.78 is 43.1. The van der Waals surface area contributed by atoms with E-state index in [-0.39, 0.29) is 4.31 Å². The van der Waals surface area contributed by atoms with Crippen LogP contribution in [-0.2, 0) is 10.0 Å². The molecule has 0 N–H and O–H groups in total. The molecule has 0 atom stereocenters. The molecule has 0 aromatic carbocycles. The minimum absolute atomic E-state index is 0.0903. The van der Waals surface area contributed by atoms with Crippen LogP contribution in [-0.4, -0.2) is 26.0 Å².